The van der Waals surface area contributed by atoms with Crippen molar-refractivity contribution in [3.63, 3.8) is 0 Å². The Balaban J connectivity index is 2.50. The summed E-state index contributed by atoms with van der Waals surface area (Å²) in [6.45, 7) is -0.473. The van der Waals surface area contributed by atoms with E-state index in [1.54, 1.807) is 0 Å². The minimum atomic E-state index is -1.47. The third-order valence-corrected chi connectivity index (χ3v) is 2.39. The predicted molar refractivity (Wildman–Crippen MR) is 53.7 cm³/mol. The van der Waals surface area contributed by atoms with Crippen LogP contribution in [0.4, 0.5) is 0 Å². The van der Waals surface area contributed by atoms with E-state index in [2.05, 4.69) is 10.0 Å². The summed E-state index contributed by atoms with van der Waals surface area (Å²) >= 11 is 0. The highest BCUT2D eigenvalue weighted by molar-refractivity contribution is 4.88. The van der Waals surface area contributed by atoms with E-state index in [4.69, 9.17) is 20.1 Å². The highest BCUT2D eigenvalue weighted by Crippen LogP contribution is 2.21. The van der Waals surface area contributed by atoms with Gasteiger partial charge >= 0.3 is 0 Å². The average molecular weight is 249 g/mol. The second-order valence-electron chi connectivity index (χ2n) is 3.52. The Morgan fingerprint density at radius 2 is 1.94 bits per heavy atom. The molecule has 1 fully saturated rings. The second-order valence-corrected chi connectivity index (χ2v) is 3.52. The van der Waals surface area contributed by atoms with Crippen molar-refractivity contribution in [2.45, 2.75) is 30.7 Å². The normalized spacial score (nSPS) is 37.5. The number of ether oxygens (including phenoxy) is 2. The van der Waals surface area contributed by atoms with E-state index in [0.717, 1.165) is 0 Å². The maximum atomic E-state index is 9.53. The first kappa shape index (κ1) is 14.1. The van der Waals surface area contributed by atoms with Gasteiger partial charge in [-0.15, -0.1) is 0 Å². The van der Waals surface area contributed by atoms with Gasteiger partial charge in [-0.05, 0) is 5.53 Å². The van der Waals surface area contributed by atoms with Crippen LogP contribution in [-0.4, -0.2) is 70.9 Å². The van der Waals surface area contributed by atoms with Gasteiger partial charge in [0.05, 0.1) is 13.2 Å². The van der Waals surface area contributed by atoms with Crippen molar-refractivity contribution in [1.29, 1.82) is 0 Å². The molecule has 0 aliphatic carbocycles. The molecule has 5 unspecified atom stereocenters. The van der Waals surface area contributed by atoms with Crippen LogP contribution in [0.15, 0.2) is 5.11 Å². The van der Waals surface area contributed by atoms with Crippen molar-refractivity contribution >= 4 is 0 Å². The standard InChI is InChI=1S/C8H15N3O6/c9-11-10-1-2-16-8-7(15)6(14)5(13)4(3-12)17-8/h4-8,12-15H,1-3H2. The summed E-state index contributed by atoms with van der Waals surface area (Å²) in [5.41, 5.74) is 8.03. The number of aliphatic hydroxyl groups is 4. The van der Waals surface area contributed by atoms with Crippen LogP contribution in [-0.2, 0) is 9.47 Å². The maximum Gasteiger partial charge on any atom is 0.186 e. The molecule has 1 rings (SSSR count). The largest absolute Gasteiger partial charge is 0.394 e. The lowest BCUT2D eigenvalue weighted by Gasteiger charge is -2.39. The summed E-state index contributed by atoms with van der Waals surface area (Å²) in [6.07, 6.45) is -6.49. The van der Waals surface area contributed by atoms with Crippen LogP contribution < -0.4 is 0 Å². The van der Waals surface area contributed by atoms with Gasteiger partial charge in [-0.2, -0.15) is 0 Å². The molecule has 1 aliphatic heterocycles. The van der Waals surface area contributed by atoms with Crippen LogP contribution in [0, 0.1) is 0 Å². The van der Waals surface area contributed by atoms with Crippen molar-refractivity contribution < 1.29 is 29.9 Å². The Morgan fingerprint density at radius 3 is 2.53 bits per heavy atom. The fourth-order valence-electron chi connectivity index (χ4n) is 1.46. The van der Waals surface area contributed by atoms with Gasteiger partial charge in [-0.25, -0.2) is 0 Å². The molecule has 17 heavy (non-hydrogen) atoms. The quantitative estimate of drug-likeness (QED) is 0.194. The fourth-order valence-corrected chi connectivity index (χ4v) is 1.46. The molecule has 0 aromatic heterocycles. The fraction of sp³-hybridized carbons (Fsp3) is 1.00. The average Bonchev–Trinajstić information content (AvgIpc) is 2.34. The summed E-state index contributed by atoms with van der Waals surface area (Å²) in [7, 11) is 0. The number of hydrogen-bond donors (Lipinski definition) is 4. The molecule has 1 heterocycles. The molecule has 0 aromatic carbocycles. The minimum Gasteiger partial charge on any atom is -0.394 e. The van der Waals surface area contributed by atoms with E-state index in [9.17, 15) is 15.3 Å². The highest BCUT2D eigenvalue weighted by Gasteiger charge is 2.43. The van der Waals surface area contributed by atoms with Gasteiger partial charge in [0, 0.05) is 11.5 Å². The first-order valence-electron chi connectivity index (χ1n) is 5.04. The SMILES string of the molecule is [N-]=[N+]=NCCOC1OC(CO)C(O)C(O)C1O. The summed E-state index contributed by atoms with van der Waals surface area (Å²) in [6, 6.07) is 0. The molecule has 1 aliphatic rings. The van der Waals surface area contributed by atoms with Crippen molar-refractivity contribution in [3.05, 3.63) is 10.4 Å². The van der Waals surface area contributed by atoms with Gasteiger partial charge in [-0.1, -0.05) is 5.11 Å². The van der Waals surface area contributed by atoms with Gasteiger partial charge in [-0.3, -0.25) is 0 Å². The van der Waals surface area contributed by atoms with E-state index in [1.165, 1.54) is 0 Å². The molecule has 0 spiro atoms. The van der Waals surface area contributed by atoms with E-state index < -0.39 is 37.3 Å². The smallest absolute Gasteiger partial charge is 0.186 e. The Hall–Kier alpha value is -0.930. The number of rotatable bonds is 5. The zero-order valence-electron chi connectivity index (χ0n) is 8.96. The van der Waals surface area contributed by atoms with Gasteiger partial charge in [0.15, 0.2) is 6.29 Å². The highest BCUT2D eigenvalue weighted by atomic mass is 16.7. The van der Waals surface area contributed by atoms with E-state index in [-0.39, 0.29) is 13.2 Å². The molecule has 9 nitrogen and oxygen atoms in total. The monoisotopic (exact) mass is 249 g/mol. The first-order chi connectivity index (χ1) is 8.11. The van der Waals surface area contributed by atoms with Crippen LogP contribution in [0.1, 0.15) is 0 Å². The third kappa shape index (κ3) is 3.51. The molecule has 98 valence electrons. The zero-order valence-corrected chi connectivity index (χ0v) is 8.96. The lowest BCUT2D eigenvalue weighted by Crippen LogP contribution is -2.59. The predicted octanol–water partition coefficient (Wildman–Crippen LogP) is -1.89. The van der Waals surface area contributed by atoms with Gasteiger partial charge < -0.3 is 29.9 Å². The van der Waals surface area contributed by atoms with Crippen LogP contribution in [0.2, 0.25) is 0 Å². The zero-order chi connectivity index (χ0) is 12.8. The Labute approximate surface area is 96.8 Å². The topological polar surface area (TPSA) is 148 Å². The molecule has 4 N–H and O–H groups in total. The lowest BCUT2D eigenvalue weighted by molar-refractivity contribution is -0.300. The lowest BCUT2D eigenvalue weighted by atomic mass is 9.99. The third-order valence-electron chi connectivity index (χ3n) is 2.39. The minimum absolute atomic E-state index is 0.00719. The number of nitrogens with zero attached hydrogens (tertiary/aromatic N) is 3. The number of aliphatic hydroxyl groups excluding tert-OH is 4. The van der Waals surface area contributed by atoms with Crippen molar-refractivity contribution in [1.82, 2.24) is 0 Å². The van der Waals surface area contributed by atoms with Gasteiger partial charge in [0.1, 0.15) is 24.4 Å². The Morgan fingerprint density at radius 1 is 1.24 bits per heavy atom. The van der Waals surface area contributed by atoms with Crippen LogP contribution in [0.3, 0.4) is 0 Å². The molecular weight excluding hydrogens is 234 g/mol. The van der Waals surface area contributed by atoms with Gasteiger partial charge in [0.25, 0.3) is 0 Å². The maximum absolute atomic E-state index is 9.53. The molecule has 5 atom stereocenters. The molecule has 0 aromatic rings. The summed E-state index contributed by atoms with van der Waals surface area (Å²) in [5.74, 6) is 0. The van der Waals surface area contributed by atoms with E-state index in [1.807, 2.05) is 0 Å². The van der Waals surface area contributed by atoms with Crippen molar-refractivity contribution in [2.24, 2.45) is 5.11 Å². The summed E-state index contributed by atoms with van der Waals surface area (Å²) in [5, 5.41) is 40.5. The molecule has 0 radical (unpaired) electrons. The van der Waals surface area contributed by atoms with E-state index in [0.29, 0.717) is 0 Å². The molecule has 0 saturated carbocycles. The molecule has 0 bridgehead atoms. The molecule has 0 amide bonds. The van der Waals surface area contributed by atoms with Crippen molar-refractivity contribution in [3.8, 4) is 0 Å². The van der Waals surface area contributed by atoms with Crippen molar-refractivity contribution in [2.75, 3.05) is 19.8 Å². The van der Waals surface area contributed by atoms with Crippen LogP contribution >= 0.6 is 0 Å². The van der Waals surface area contributed by atoms with Crippen LogP contribution in [0.25, 0.3) is 10.4 Å². The van der Waals surface area contributed by atoms with Crippen LogP contribution in [0.5, 0.6) is 0 Å². The molecular formula is C8H15N3O6. The van der Waals surface area contributed by atoms with Gasteiger partial charge in [0.2, 0.25) is 0 Å². The Kier molecular flexibility index (Phi) is 5.59. The number of hydrogen-bond acceptors (Lipinski definition) is 7. The molecule has 9 heteroatoms. The Bertz CT molecular complexity index is 282. The first-order valence-corrected chi connectivity index (χ1v) is 5.04. The second kappa shape index (κ2) is 6.72. The van der Waals surface area contributed by atoms with E-state index >= 15 is 0 Å². The summed E-state index contributed by atoms with van der Waals surface area (Å²) < 4.78 is 10.1. The number of azide groups is 1. The molecule has 1 saturated heterocycles. The summed E-state index contributed by atoms with van der Waals surface area (Å²) in [4.78, 5) is 2.51.